The molecular formula is C38H38N2OP2. The summed E-state index contributed by atoms with van der Waals surface area (Å²) in [7, 11) is -1.29. The molecule has 1 saturated heterocycles. The fourth-order valence-corrected chi connectivity index (χ4v) is 11.7. The minimum atomic E-state index is -0.647. The molecule has 2 atom stereocenters. The molecule has 43 heavy (non-hydrogen) atoms. The number of hydrogen-bond donors (Lipinski definition) is 0. The molecule has 1 aliphatic rings. The number of anilines is 1. The highest BCUT2D eigenvalue weighted by Gasteiger charge is 2.42. The van der Waals surface area contributed by atoms with Crippen molar-refractivity contribution in [1.29, 1.82) is 0 Å². The van der Waals surface area contributed by atoms with Gasteiger partial charge in [-0.1, -0.05) is 140 Å². The molecule has 0 radical (unpaired) electrons. The van der Waals surface area contributed by atoms with Crippen LogP contribution in [0.3, 0.4) is 0 Å². The average Bonchev–Trinajstić information content (AvgIpc) is 3.49. The lowest BCUT2D eigenvalue weighted by atomic mass is 10.2. The van der Waals surface area contributed by atoms with Crippen molar-refractivity contribution >= 4 is 48.8 Å². The Hall–Kier alpha value is -3.77. The van der Waals surface area contributed by atoms with Crippen molar-refractivity contribution in [2.75, 3.05) is 24.2 Å². The molecule has 0 saturated carbocycles. The van der Waals surface area contributed by atoms with E-state index in [1.54, 1.807) is 0 Å². The van der Waals surface area contributed by atoms with Crippen molar-refractivity contribution in [2.24, 2.45) is 0 Å². The number of hydrogen-bond acceptors (Lipinski definition) is 1. The predicted octanol–water partition coefficient (Wildman–Crippen LogP) is 7.34. The Labute approximate surface area is 258 Å². The molecule has 0 aliphatic carbocycles. The molecule has 5 heteroatoms. The fraction of sp³-hybridized carbons (Fsp3) is 0.184. The number of benzene rings is 5. The first-order valence-corrected chi connectivity index (χ1v) is 18.1. The maximum absolute atomic E-state index is 14.5. The summed E-state index contributed by atoms with van der Waals surface area (Å²) < 4.78 is 0. The molecule has 5 aromatic rings. The summed E-state index contributed by atoms with van der Waals surface area (Å²) in [5.74, 6) is 0. The van der Waals surface area contributed by atoms with Crippen molar-refractivity contribution in [3.63, 3.8) is 0 Å². The molecule has 0 aromatic heterocycles. The minimum absolute atomic E-state index is 0.119. The summed E-state index contributed by atoms with van der Waals surface area (Å²) in [6.45, 7) is 3.47. The largest absolute Gasteiger partial charge is 0.324 e. The van der Waals surface area contributed by atoms with E-state index < -0.39 is 15.8 Å². The van der Waals surface area contributed by atoms with E-state index in [9.17, 15) is 4.79 Å². The van der Waals surface area contributed by atoms with Crippen molar-refractivity contribution in [2.45, 2.75) is 25.0 Å². The highest BCUT2D eigenvalue weighted by molar-refractivity contribution is 7.74. The molecule has 1 aliphatic heterocycles. The molecule has 1 heterocycles. The van der Waals surface area contributed by atoms with Gasteiger partial charge in [0.1, 0.15) is 0 Å². The Morgan fingerprint density at radius 3 is 1.51 bits per heavy atom. The molecule has 0 bridgehead atoms. The molecule has 2 amide bonds. The zero-order chi connectivity index (χ0) is 29.4. The molecular weight excluding hydrogens is 562 g/mol. The monoisotopic (exact) mass is 600 g/mol. The van der Waals surface area contributed by atoms with E-state index in [1.807, 2.05) is 35.2 Å². The highest BCUT2D eigenvalue weighted by Crippen LogP contribution is 2.48. The average molecular weight is 601 g/mol. The van der Waals surface area contributed by atoms with Crippen molar-refractivity contribution in [1.82, 2.24) is 4.90 Å². The quantitative estimate of drug-likeness (QED) is 0.163. The first kappa shape index (κ1) is 29.3. The Morgan fingerprint density at radius 1 is 0.651 bits per heavy atom. The Bertz CT molecular complexity index is 1490. The lowest BCUT2D eigenvalue weighted by Crippen LogP contribution is -2.47. The van der Waals surface area contributed by atoms with E-state index in [4.69, 9.17) is 0 Å². The smallest absolute Gasteiger partial charge is 0.320 e. The van der Waals surface area contributed by atoms with Crippen LogP contribution in [0, 0.1) is 0 Å². The topological polar surface area (TPSA) is 23.6 Å². The van der Waals surface area contributed by atoms with Crippen LogP contribution in [0.5, 0.6) is 0 Å². The van der Waals surface area contributed by atoms with Crippen LogP contribution >= 0.6 is 15.8 Å². The van der Waals surface area contributed by atoms with Gasteiger partial charge >= 0.3 is 6.03 Å². The molecule has 1 fully saturated rings. The van der Waals surface area contributed by atoms with Crippen LogP contribution in [0.1, 0.15) is 13.3 Å². The molecule has 0 spiro atoms. The van der Waals surface area contributed by atoms with E-state index in [2.05, 4.69) is 133 Å². The van der Waals surface area contributed by atoms with Crippen molar-refractivity contribution in [3.05, 3.63) is 152 Å². The summed E-state index contributed by atoms with van der Waals surface area (Å²) in [4.78, 5) is 18.7. The van der Waals surface area contributed by atoms with Gasteiger partial charge in [0.25, 0.3) is 0 Å². The van der Waals surface area contributed by atoms with Gasteiger partial charge in [-0.3, -0.25) is 4.90 Å². The number of rotatable bonds is 9. The van der Waals surface area contributed by atoms with Gasteiger partial charge in [0.05, 0.1) is 0 Å². The molecule has 0 N–H and O–H groups in total. The van der Waals surface area contributed by atoms with Crippen molar-refractivity contribution < 1.29 is 4.79 Å². The van der Waals surface area contributed by atoms with Crippen molar-refractivity contribution in [3.8, 4) is 0 Å². The fourth-order valence-electron chi connectivity index (χ4n) is 6.21. The molecule has 216 valence electrons. The summed E-state index contributed by atoms with van der Waals surface area (Å²) in [5, 5.41) is 5.49. The zero-order valence-corrected chi connectivity index (χ0v) is 26.4. The van der Waals surface area contributed by atoms with Crippen LogP contribution in [0.25, 0.3) is 0 Å². The zero-order valence-electron chi connectivity index (χ0n) is 24.6. The number of amides is 2. The Morgan fingerprint density at radius 2 is 1.07 bits per heavy atom. The van der Waals surface area contributed by atoms with Crippen LogP contribution < -0.4 is 26.1 Å². The first-order valence-electron chi connectivity index (χ1n) is 15.1. The van der Waals surface area contributed by atoms with E-state index in [1.165, 1.54) is 21.2 Å². The van der Waals surface area contributed by atoms with Gasteiger partial charge in [-0.05, 0) is 68.7 Å². The maximum Gasteiger partial charge on any atom is 0.324 e. The second-order valence-electron chi connectivity index (χ2n) is 10.9. The number of nitrogens with zero attached hydrogens (tertiary/aromatic N) is 2. The summed E-state index contributed by atoms with van der Waals surface area (Å²) in [5.41, 5.74) is 1.32. The normalized spacial score (nSPS) is 16.5. The van der Waals surface area contributed by atoms with Gasteiger partial charge < -0.3 is 4.90 Å². The van der Waals surface area contributed by atoms with E-state index in [0.29, 0.717) is 12.2 Å². The SMILES string of the molecule is CCN(C(=O)N1C[C@@H](P(c2ccccc2)c2ccccc2)C[C@H]1CP(c1ccccc1)c1ccccc1)c1ccccc1. The second-order valence-corrected chi connectivity index (χ2v) is 15.6. The predicted molar refractivity (Wildman–Crippen MR) is 187 cm³/mol. The Kier molecular flexibility index (Phi) is 9.63. The second kappa shape index (κ2) is 14.1. The van der Waals surface area contributed by atoms with E-state index in [0.717, 1.165) is 24.8 Å². The lowest BCUT2D eigenvalue weighted by molar-refractivity contribution is 0.204. The number of urea groups is 1. The molecule has 3 nitrogen and oxygen atoms in total. The van der Waals surface area contributed by atoms with Gasteiger partial charge in [-0.15, -0.1) is 0 Å². The third-order valence-electron chi connectivity index (χ3n) is 8.22. The number of likely N-dealkylation sites (tertiary alicyclic amines) is 1. The van der Waals surface area contributed by atoms with Gasteiger partial charge in [-0.25, -0.2) is 4.79 Å². The van der Waals surface area contributed by atoms with Gasteiger partial charge in [-0.2, -0.15) is 0 Å². The standard InChI is InChI=1S/C38H38N2OP2/c1-2-39(31-18-8-3-9-19-31)38(41)40-29-37(43(35-24-14-6-15-25-35)36-26-16-7-17-27-36)28-32(40)30-42(33-20-10-4-11-21-33)34-22-12-5-13-23-34/h3-27,32,37H,2,28-30H2,1H3/t32-,37-/m0/s1. The summed E-state index contributed by atoms with van der Waals surface area (Å²) in [6, 6.07) is 54.1. The van der Waals surface area contributed by atoms with Crippen LogP contribution in [0.15, 0.2) is 152 Å². The highest BCUT2D eigenvalue weighted by atomic mass is 31.1. The van der Waals surface area contributed by atoms with Gasteiger partial charge in [0.15, 0.2) is 0 Å². The van der Waals surface area contributed by atoms with Crippen LogP contribution in [0.4, 0.5) is 10.5 Å². The summed E-state index contributed by atoms with van der Waals surface area (Å²) >= 11 is 0. The van der Waals surface area contributed by atoms with Crippen LogP contribution in [-0.2, 0) is 0 Å². The van der Waals surface area contributed by atoms with Crippen LogP contribution in [-0.4, -0.2) is 41.9 Å². The third-order valence-corrected chi connectivity index (χ3v) is 13.7. The molecule has 5 aromatic carbocycles. The van der Waals surface area contributed by atoms with Crippen LogP contribution in [0.2, 0.25) is 0 Å². The van der Waals surface area contributed by atoms with Gasteiger partial charge in [0.2, 0.25) is 0 Å². The lowest BCUT2D eigenvalue weighted by Gasteiger charge is -2.33. The minimum Gasteiger partial charge on any atom is -0.320 e. The maximum atomic E-state index is 14.5. The number of carbonyl (C=O) groups is 1. The van der Waals surface area contributed by atoms with Gasteiger partial charge in [0, 0.05) is 30.5 Å². The third kappa shape index (κ3) is 6.75. The molecule has 6 rings (SSSR count). The molecule has 0 unspecified atom stereocenters. The first-order chi connectivity index (χ1) is 21.2. The van der Waals surface area contributed by atoms with E-state index >= 15 is 0 Å². The van der Waals surface area contributed by atoms with E-state index in [-0.39, 0.29) is 12.1 Å². The number of para-hydroxylation sites is 1. The number of carbonyl (C=O) groups excluding carboxylic acids is 1. The Balaban J connectivity index is 1.40. The summed E-state index contributed by atoms with van der Waals surface area (Å²) in [6.07, 6.45) is 1.94.